The summed E-state index contributed by atoms with van der Waals surface area (Å²) in [7, 11) is 0. The molecular formula is C34H32FeN4O5. The van der Waals surface area contributed by atoms with Gasteiger partial charge in [-0.2, -0.15) is 0 Å². The summed E-state index contributed by atoms with van der Waals surface area (Å²) in [4.78, 5) is 38.8. The molecule has 3 aromatic rings. The van der Waals surface area contributed by atoms with Crippen molar-refractivity contribution in [1.82, 2.24) is 15.0 Å². The summed E-state index contributed by atoms with van der Waals surface area (Å²) < 4.78 is 5.89. The topological polar surface area (TPSA) is 140 Å². The van der Waals surface area contributed by atoms with E-state index in [2.05, 4.69) is 13.2 Å². The third-order valence-corrected chi connectivity index (χ3v) is 9.00. The van der Waals surface area contributed by atoms with Crippen LogP contribution in [0.5, 0.6) is 0 Å². The van der Waals surface area contributed by atoms with Gasteiger partial charge in [0.2, 0.25) is 0 Å². The molecule has 0 saturated carbocycles. The molecule has 8 bridgehead atoms. The van der Waals surface area contributed by atoms with Crippen LogP contribution in [0.1, 0.15) is 82.3 Å². The van der Waals surface area contributed by atoms with Crippen LogP contribution in [-0.4, -0.2) is 33.4 Å². The molecule has 3 aliphatic rings. The Kier molecular flexibility index (Phi) is 7.82. The van der Waals surface area contributed by atoms with E-state index in [0.717, 1.165) is 33.4 Å². The summed E-state index contributed by atoms with van der Waals surface area (Å²) in [6, 6.07) is 0. The first kappa shape index (κ1) is 31.2. The first-order chi connectivity index (χ1) is 20.4. The molecule has 3 aliphatic heterocycles. The molecule has 2 atom stereocenters. The number of ether oxygens (including phenoxy) is 1. The second-order valence-electron chi connectivity index (χ2n) is 11.5. The normalized spacial score (nSPS) is 25.7. The molecule has 0 radical (unpaired) electrons. The van der Waals surface area contributed by atoms with Crippen LogP contribution in [0.2, 0.25) is 0 Å². The number of carbonyl (C=O) groups is 2. The third-order valence-electron chi connectivity index (χ3n) is 9.00. The van der Waals surface area contributed by atoms with Gasteiger partial charge in [-0.3, -0.25) is 9.59 Å². The van der Waals surface area contributed by atoms with E-state index in [-0.39, 0.29) is 48.4 Å². The fraction of sp³-hybridized carbons (Fsp3) is 0.294. The molecule has 0 aromatic carbocycles. The average Bonchev–Trinajstić information content (AvgIpc) is 3.69. The van der Waals surface area contributed by atoms with Gasteiger partial charge >= 0.3 is 29.0 Å². The molecule has 44 heavy (non-hydrogen) atoms. The van der Waals surface area contributed by atoms with E-state index >= 15 is 0 Å². The van der Waals surface area contributed by atoms with Crippen LogP contribution >= 0.6 is 0 Å². The molecule has 6 rings (SSSR count). The van der Waals surface area contributed by atoms with Gasteiger partial charge in [0.25, 0.3) is 0 Å². The molecule has 2 N–H and O–H groups in total. The van der Waals surface area contributed by atoms with Crippen molar-refractivity contribution in [3.8, 4) is 0 Å². The monoisotopic (exact) mass is 632 g/mol. The van der Waals surface area contributed by atoms with Crippen molar-refractivity contribution in [2.45, 2.75) is 64.6 Å². The summed E-state index contributed by atoms with van der Waals surface area (Å²) in [6.07, 6.45) is 11.2. The predicted octanol–water partition coefficient (Wildman–Crippen LogP) is 3.35. The van der Waals surface area contributed by atoms with Crippen LogP contribution < -0.4 is 25.7 Å². The Bertz CT molecular complexity index is 1930. The molecule has 3 aromatic heterocycles. The van der Waals surface area contributed by atoms with Crippen LogP contribution in [0, 0.1) is 20.8 Å². The summed E-state index contributed by atoms with van der Waals surface area (Å²) in [5.41, 5.74) is 4.94. The Morgan fingerprint density at radius 1 is 0.909 bits per heavy atom. The van der Waals surface area contributed by atoms with E-state index in [1.54, 1.807) is 31.2 Å². The van der Waals surface area contributed by atoms with E-state index in [9.17, 15) is 19.8 Å². The van der Waals surface area contributed by atoms with Crippen molar-refractivity contribution >= 4 is 48.4 Å². The summed E-state index contributed by atoms with van der Waals surface area (Å²) >= 11 is 0. The molecule has 2 fully saturated rings. The van der Waals surface area contributed by atoms with Crippen molar-refractivity contribution < 1.29 is 41.6 Å². The number of fused-ring (bicyclic) bond motifs is 9. The van der Waals surface area contributed by atoms with Crippen LogP contribution in [0.15, 0.2) is 24.6 Å². The minimum atomic E-state index is -1.68. The number of hydrogen-bond acceptors (Lipinski definition) is 4. The Balaban J connectivity index is 0.00000384. The number of aromatic nitrogens is 3. The molecule has 1 spiro atoms. The molecule has 226 valence electrons. The van der Waals surface area contributed by atoms with Gasteiger partial charge in [-0.15, -0.1) is 44.9 Å². The van der Waals surface area contributed by atoms with Gasteiger partial charge in [-0.05, 0) is 45.2 Å². The molecule has 0 aliphatic carbocycles. The molecule has 9 nitrogen and oxygen atoms in total. The maximum Gasteiger partial charge on any atom is 4.00 e. The number of nitrogens with zero attached hydrogens (tertiary/aromatic N) is 4. The molecule has 0 unspecified atom stereocenters. The van der Waals surface area contributed by atoms with E-state index in [1.807, 2.05) is 32.9 Å². The Morgan fingerprint density at radius 3 is 2.18 bits per heavy atom. The van der Waals surface area contributed by atoms with E-state index < -0.39 is 23.1 Å². The number of carboxylic acids is 1. The molecule has 10 heteroatoms. The predicted molar refractivity (Wildman–Crippen MR) is 164 cm³/mol. The second-order valence-corrected chi connectivity index (χ2v) is 11.5. The van der Waals surface area contributed by atoms with Crippen molar-refractivity contribution in [2.75, 3.05) is 0 Å². The van der Waals surface area contributed by atoms with Gasteiger partial charge in [-0.25, -0.2) is 0 Å². The summed E-state index contributed by atoms with van der Waals surface area (Å²) in [6.45, 7) is 15.4. The van der Waals surface area contributed by atoms with Crippen molar-refractivity contribution in [3.63, 3.8) is 0 Å². The summed E-state index contributed by atoms with van der Waals surface area (Å²) in [5.74, 6) is -1.36. The molecule has 0 amide bonds. The smallest absolute Gasteiger partial charge is 0.659 e. The van der Waals surface area contributed by atoms with Crippen LogP contribution in [-0.2, 0) is 37.8 Å². The van der Waals surface area contributed by atoms with Gasteiger partial charge in [0.1, 0.15) is 11.2 Å². The summed E-state index contributed by atoms with van der Waals surface area (Å²) in [5, 5.41) is 27.8. The van der Waals surface area contributed by atoms with Gasteiger partial charge in [0.15, 0.2) is 0 Å². The first-order valence-corrected chi connectivity index (χ1v) is 14.2. The number of esters is 1. The largest absolute Gasteiger partial charge is 4.00 e. The first-order valence-electron chi connectivity index (χ1n) is 14.2. The van der Waals surface area contributed by atoms with E-state index in [1.165, 1.54) is 0 Å². The minimum Gasteiger partial charge on any atom is -0.659 e. The number of aliphatic hydroxyl groups is 1. The zero-order valence-electron chi connectivity index (χ0n) is 25.0. The Morgan fingerprint density at radius 2 is 1.55 bits per heavy atom. The zero-order valence-corrected chi connectivity index (χ0v) is 26.1. The Labute approximate surface area is 265 Å². The zero-order chi connectivity index (χ0) is 30.8. The number of aliphatic carboxylic acids is 1. The third kappa shape index (κ3) is 4.65. The molecule has 2 saturated heterocycles. The fourth-order valence-electron chi connectivity index (χ4n) is 6.38. The minimum absolute atomic E-state index is 0. The standard InChI is InChI=1S/C34H32N4O5.Fe/c1-7-20-17(3)23-13-24-19(5)22(9-10-31(39)40)28(37-24)16-30-34(12-11-32(41)43-34)33(6,42)29(38-30)15-27-21(8-2)18(4)25(36-27)14-26(20)35-23;/h7-8,13-16,42H,1-2,9-12H2,3-6H3,(H,39,40);/q-4;+4/b23-13-,26-14-,29-15-,30-16-;/t33-,34-;/m1./s1. The number of hydrogen-bond donors (Lipinski definition) is 2. The van der Waals surface area contributed by atoms with Gasteiger partial charge in [0, 0.05) is 19.3 Å². The van der Waals surface area contributed by atoms with Crippen LogP contribution in [0.4, 0.5) is 0 Å². The SMILES string of the molecule is C=Cc1c2[n-]c(c1C)/C=c1\[n-]/c(c(C)c1C=C)=C\c1[n-]c(c(CCC(=O)O)c1C)/C=C1\[N-]/C(=C\2)[C@@](C)(O)[C@@]12CCC(=O)O2.[Fe+4]. The quantitative estimate of drug-likeness (QED) is 0.323. The van der Waals surface area contributed by atoms with Gasteiger partial charge in [-0.1, -0.05) is 71.9 Å². The average molecular weight is 632 g/mol. The maximum absolute atomic E-state index is 12.5. The van der Waals surface area contributed by atoms with Crippen molar-refractivity contribution in [3.05, 3.63) is 96.7 Å². The number of carbonyl (C=O) groups excluding carboxylic acids is 1. The number of rotatable bonds is 5. The van der Waals surface area contributed by atoms with Crippen LogP contribution in [0.25, 0.3) is 41.8 Å². The molecule has 6 heterocycles. The van der Waals surface area contributed by atoms with Crippen molar-refractivity contribution in [1.29, 1.82) is 0 Å². The van der Waals surface area contributed by atoms with Crippen molar-refractivity contribution in [2.24, 2.45) is 0 Å². The Hall–Kier alpha value is -4.24. The van der Waals surface area contributed by atoms with Crippen LogP contribution in [0.3, 0.4) is 0 Å². The van der Waals surface area contributed by atoms with Gasteiger partial charge in [0.05, 0.1) is 0 Å². The van der Waals surface area contributed by atoms with E-state index in [4.69, 9.17) is 25.0 Å². The van der Waals surface area contributed by atoms with Gasteiger partial charge < -0.3 is 35.2 Å². The molecular weight excluding hydrogens is 600 g/mol. The fourth-order valence-corrected chi connectivity index (χ4v) is 6.38. The number of carboxylic acid groups (broad SMARTS) is 1. The maximum atomic E-state index is 12.5. The van der Waals surface area contributed by atoms with E-state index in [0.29, 0.717) is 39.2 Å². The second kappa shape index (κ2) is 11.0.